The number of carbonyl (C=O) groups excluding carboxylic acids is 7. The number of phenolic OH excluding ortho intramolecular Hbond substituents is 1. The highest BCUT2D eigenvalue weighted by Gasteiger charge is 2.48. The quantitative estimate of drug-likeness (QED) is 0.0731. The molecule has 4 rings (SSSR count). The Balaban J connectivity index is 1.63. The fraction of sp³-hybridized carbons (Fsp3) is 0.720. The molecule has 0 saturated carbocycles. The molecule has 22 nitrogen and oxygen atoms in total. The maximum Gasteiger partial charge on any atom is 0.248 e. The smallest absolute Gasteiger partial charge is 0.248 e. The molecule has 22 heteroatoms. The zero-order valence-electron chi connectivity index (χ0n) is 42.0. The second kappa shape index (κ2) is 28.7. The number of hydrogen-bond donors (Lipinski definition) is 12. The molecule has 72 heavy (non-hydrogen) atoms. The summed E-state index contributed by atoms with van der Waals surface area (Å²) in [5.74, 6) is -5.89. The van der Waals surface area contributed by atoms with Gasteiger partial charge in [0.25, 0.3) is 0 Å². The van der Waals surface area contributed by atoms with E-state index >= 15 is 0 Å². The lowest BCUT2D eigenvalue weighted by Crippen LogP contribution is -2.64. The maximum atomic E-state index is 14.3. The lowest BCUT2D eigenvalue weighted by atomic mass is 9.91. The van der Waals surface area contributed by atoms with E-state index in [1.807, 2.05) is 0 Å². The Morgan fingerprint density at radius 3 is 2.04 bits per heavy atom. The van der Waals surface area contributed by atoms with Crippen LogP contribution in [-0.4, -0.2) is 179 Å². The molecule has 14 atom stereocenters. The zero-order chi connectivity index (χ0) is 53.2. The molecule has 7 amide bonds. The number of rotatable bonds is 19. The van der Waals surface area contributed by atoms with Crippen molar-refractivity contribution >= 4 is 41.4 Å². The molecule has 1 aromatic carbocycles. The zero-order valence-corrected chi connectivity index (χ0v) is 42.0. The van der Waals surface area contributed by atoms with Crippen LogP contribution in [0.15, 0.2) is 24.3 Å². The molecule has 0 aliphatic carbocycles. The van der Waals surface area contributed by atoms with Crippen LogP contribution in [0, 0.1) is 23.2 Å². The highest BCUT2D eigenvalue weighted by Crippen LogP contribution is 2.25. The van der Waals surface area contributed by atoms with E-state index in [9.17, 15) is 74.6 Å². The molecule has 0 aromatic heterocycles. The first kappa shape index (κ1) is 59.1. The number of unbranched alkanes of at least 4 members (excludes halogenated alkanes) is 5. The number of aliphatic hydroxyl groups is 6. The molecule has 3 heterocycles. The van der Waals surface area contributed by atoms with Crippen LogP contribution in [0.1, 0.15) is 123 Å². The van der Waals surface area contributed by atoms with Gasteiger partial charge in [-0.1, -0.05) is 77.8 Å². The van der Waals surface area contributed by atoms with E-state index in [1.54, 1.807) is 6.07 Å². The van der Waals surface area contributed by atoms with Crippen molar-refractivity contribution in [3.8, 4) is 11.8 Å². The molecule has 3 aliphatic rings. The van der Waals surface area contributed by atoms with Crippen molar-refractivity contribution in [3.05, 3.63) is 29.8 Å². The van der Waals surface area contributed by atoms with Gasteiger partial charge in [0.15, 0.2) is 0 Å². The summed E-state index contributed by atoms with van der Waals surface area (Å²) in [6.07, 6.45) is -3.13. The molecule has 3 fully saturated rings. The van der Waals surface area contributed by atoms with Gasteiger partial charge in [0.1, 0.15) is 42.0 Å². The highest BCUT2D eigenvalue weighted by atomic mass is 16.3. The van der Waals surface area contributed by atoms with E-state index in [4.69, 9.17) is 0 Å². The number of nitriles is 1. The molecular formula is C50H78N8O14. The van der Waals surface area contributed by atoms with Crippen molar-refractivity contribution in [1.29, 1.82) is 5.26 Å². The van der Waals surface area contributed by atoms with E-state index in [0.717, 1.165) is 54.7 Å². The number of hydrogen-bond acceptors (Lipinski definition) is 15. The highest BCUT2D eigenvalue weighted by molar-refractivity contribution is 5.98. The molecule has 0 spiro atoms. The average molecular weight is 1020 g/mol. The summed E-state index contributed by atoms with van der Waals surface area (Å²) in [6.45, 7) is 6.58. The number of β-amino-alcohol motifs (C(OH)–C–C–N with tert-alkyl or cyclic N) is 1. The fourth-order valence-corrected chi connectivity index (χ4v) is 9.63. The molecule has 0 bridgehead atoms. The normalized spacial score (nSPS) is 28.2. The summed E-state index contributed by atoms with van der Waals surface area (Å²) in [5, 5.41) is 98.1. The van der Waals surface area contributed by atoms with Crippen LogP contribution in [0.3, 0.4) is 0 Å². The van der Waals surface area contributed by atoms with E-state index in [1.165, 1.54) is 37.6 Å². The first-order valence-corrected chi connectivity index (χ1v) is 25.5. The summed E-state index contributed by atoms with van der Waals surface area (Å²) in [7, 11) is 0. The largest absolute Gasteiger partial charge is 0.508 e. The number of phenols is 1. The Hall–Kier alpha value is -5.44. The summed E-state index contributed by atoms with van der Waals surface area (Å²) in [6, 6.07) is -3.44. The third kappa shape index (κ3) is 17.4. The number of aliphatic hydroxyl groups excluding tert-OH is 6. The third-order valence-corrected chi connectivity index (χ3v) is 13.9. The summed E-state index contributed by atoms with van der Waals surface area (Å²) in [4.78, 5) is 100. The lowest BCUT2D eigenvalue weighted by molar-refractivity contribution is -0.147. The molecule has 3 aliphatic heterocycles. The van der Waals surface area contributed by atoms with Crippen molar-refractivity contribution in [3.63, 3.8) is 0 Å². The minimum absolute atomic E-state index is 0.0131. The van der Waals surface area contributed by atoms with Gasteiger partial charge in [-0.05, 0) is 55.7 Å². The van der Waals surface area contributed by atoms with Gasteiger partial charge in [-0.25, -0.2) is 0 Å². The Labute approximate surface area is 421 Å². The van der Waals surface area contributed by atoms with Crippen LogP contribution >= 0.6 is 0 Å². The maximum absolute atomic E-state index is 14.3. The summed E-state index contributed by atoms with van der Waals surface area (Å²) < 4.78 is 0. The molecule has 402 valence electrons. The lowest BCUT2D eigenvalue weighted by Gasteiger charge is -2.33. The van der Waals surface area contributed by atoms with Gasteiger partial charge in [-0.15, -0.1) is 0 Å². The minimum Gasteiger partial charge on any atom is -0.508 e. The number of nitrogens with one attached hydrogen (secondary N) is 5. The Morgan fingerprint density at radius 1 is 0.764 bits per heavy atom. The van der Waals surface area contributed by atoms with Crippen LogP contribution in [-0.2, 0) is 40.0 Å². The number of benzene rings is 1. The molecule has 2 unspecified atom stereocenters. The SMILES string of the molecule is CCC(C)CC(C)CCCCCCCCC(=O)N[C@H]1C[C@@H](O)CNC(=O)[C@@H]2[C@@H](O)CCN2C(=O)[C@H]([C@H](O)CC#N)NC(=O)[C@H]([C@H](O)Cc2ccc(O)cc2)NC(=O)[C@@H]2C[C@@H](O)CN2C(=O)[C@H]([C@@H](C)O)NC1=O. The van der Waals surface area contributed by atoms with Crippen molar-refractivity contribution in [2.45, 2.75) is 197 Å². The molecular weight excluding hydrogens is 937 g/mol. The van der Waals surface area contributed by atoms with E-state index in [-0.39, 0.29) is 31.6 Å². The molecule has 3 saturated heterocycles. The predicted molar refractivity (Wildman–Crippen MR) is 260 cm³/mol. The van der Waals surface area contributed by atoms with Crippen LogP contribution in [0.4, 0.5) is 0 Å². The van der Waals surface area contributed by atoms with E-state index in [0.29, 0.717) is 23.8 Å². The second-order valence-corrected chi connectivity index (χ2v) is 20.1. The molecule has 12 N–H and O–H groups in total. The van der Waals surface area contributed by atoms with Crippen LogP contribution in [0.2, 0.25) is 0 Å². The second-order valence-electron chi connectivity index (χ2n) is 20.1. The van der Waals surface area contributed by atoms with Gasteiger partial charge in [0.2, 0.25) is 41.4 Å². The van der Waals surface area contributed by atoms with Gasteiger partial charge in [0, 0.05) is 45.3 Å². The number of fused-ring (bicyclic) bond motifs is 2. The van der Waals surface area contributed by atoms with E-state index < -0.39 is 147 Å². The van der Waals surface area contributed by atoms with Gasteiger partial charge in [0.05, 0.1) is 49.1 Å². The van der Waals surface area contributed by atoms with Gasteiger partial charge >= 0.3 is 0 Å². The standard InChI is InChI=1S/C50H78N8O14/c1-5-28(2)22-29(3)12-10-8-6-7-9-11-13-40(66)53-35-24-33(61)26-52-48(70)44-38(64)19-21-57(44)50(72)43(37(63)18-20-51)56-47(69)42(39(65)23-31-14-16-32(60)17-15-31)55-46(68)36-25-34(62)27-58(36)49(71)41(30(4)59)54-45(35)67/h14-17,28-30,33-39,41-44,59-65H,5-13,18-19,21-27H2,1-4H3,(H,52,70)(H,53,66)(H,54,67)(H,55,68)(H,56,69)/t28?,29?,30-,33-,34-,35+,36+,37-,38+,39-,41+,42+,43+,44+/m1/s1. The van der Waals surface area contributed by atoms with Crippen LogP contribution in [0.5, 0.6) is 5.75 Å². The Morgan fingerprint density at radius 2 is 1.39 bits per heavy atom. The monoisotopic (exact) mass is 1010 g/mol. The van der Waals surface area contributed by atoms with E-state index in [2.05, 4.69) is 47.4 Å². The first-order chi connectivity index (χ1) is 34.1. The minimum atomic E-state index is -2.00. The first-order valence-electron chi connectivity index (χ1n) is 25.5. The van der Waals surface area contributed by atoms with Gasteiger partial charge < -0.3 is 72.1 Å². The fourth-order valence-electron chi connectivity index (χ4n) is 9.63. The predicted octanol–water partition coefficient (Wildman–Crippen LogP) is -1.11. The summed E-state index contributed by atoms with van der Waals surface area (Å²) in [5.41, 5.74) is 0.364. The van der Waals surface area contributed by atoms with Crippen LogP contribution < -0.4 is 26.6 Å². The Kier molecular flexibility index (Phi) is 23.6. The Bertz CT molecular complexity index is 2020. The van der Waals surface area contributed by atoms with Crippen molar-refractivity contribution in [2.24, 2.45) is 11.8 Å². The average Bonchev–Trinajstić information content (AvgIpc) is 3.93. The number of carbonyl (C=O) groups is 7. The summed E-state index contributed by atoms with van der Waals surface area (Å²) >= 11 is 0. The van der Waals surface area contributed by atoms with Crippen molar-refractivity contribution in [2.75, 3.05) is 19.6 Å². The molecule has 0 radical (unpaired) electrons. The van der Waals surface area contributed by atoms with Crippen molar-refractivity contribution < 1.29 is 69.3 Å². The van der Waals surface area contributed by atoms with Gasteiger partial charge in [-0.2, -0.15) is 5.26 Å². The molecule has 1 aromatic rings. The number of amides is 7. The van der Waals surface area contributed by atoms with Crippen LogP contribution in [0.25, 0.3) is 0 Å². The topological polar surface area (TPSA) is 352 Å². The number of nitrogens with zero attached hydrogens (tertiary/aromatic N) is 3. The third-order valence-electron chi connectivity index (χ3n) is 13.9. The van der Waals surface area contributed by atoms with Gasteiger partial charge in [-0.3, -0.25) is 33.6 Å². The van der Waals surface area contributed by atoms with Crippen molar-refractivity contribution in [1.82, 2.24) is 36.4 Å². The number of aromatic hydroxyl groups is 1.